The Balaban J connectivity index is 1.74. The lowest BCUT2D eigenvalue weighted by Gasteiger charge is -2.14. The number of hydrogen-bond donors (Lipinski definition) is 3. The molecule has 0 unspecified atom stereocenters. The molecule has 31 heavy (non-hydrogen) atoms. The third kappa shape index (κ3) is 4.11. The van der Waals surface area contributed by atoms with Gasteiger partial charge < -0.3 is 24.5 Å². The number of carboxylic acids is 1. The maximum absolute atomic E-state index is 12.3. The highest BCUT2D eigenvalue weighted by Gasteiger charge is 2.15. The zero-order valence-electron chi connectivity index (χ0n) is 16.9. The van der Waals surface area contributed by atoms with Crippen LogP contribution >= 0.6 is 0 Å². The molecule has 0 bridgehead atoms. The average Bonchev–Trinajstić information content (AvgIpc) is 3.23. The highest BCUT2D eigenvalue weighted by Crippen LogP contribution is 2.34. The zero-order chi connectivity index (χ0) is 22.0. The molecule has 3 N–H and O–H groups in total. The maximum Gasteiger partial charge on any atom is 0.344 e. The van der Waals surface area contributed by atoms with Crippen molar-refractivity contribution in [1.82, 2.24) is 19.9 Å². The lowest BCUT2D eigenvalue weighted by molar-refractivity contribution is -0.144. The highest BCUT2D eigenvalue weighted by atomic mass is 16.5. The Hall–Kier alpha value is -4.14. The Morgan fingerprint density at radius 3 is 2.77 bits per heavy atom. The first-order chi connectivity index (χ1) is 15.0. The zero-order valence-corrected chi connectivity index (χ0v) is 16.9. The molecule has 9 nitrogen and oxygen atoms in total. The maximum atomic E-state index is 12.3. The van der Waals surface area contributed by atoms with Crippen molar-refractivity contribution < 1.29 is 19.4 Å². The molecule has 0 saturated carbocycles. The molecular weight excluding hydrogens is 400 g/mol. The largest absolute Gasteiger partial charge is 0.493 e. The van der Waals surface area contributed by atoms with E-state index in [1.165, 1.54) is 13.3 Å². The first-order valence-corrected chi connectivity index (χ1v) is 9.66. The standard InChI is InChI=1S/C22H20N4O5/c1-3-30-17-10-14(13-5-4-6-15(9-13)31-12(2)22(28)29)7-8-16(17)19-25-20-18(21(27)26-19)23-11-24-20/h4-12H,3H2,1-2H3,(H,28,29)(H2,23,24,25,26,27)/t12-/m1/s1. The quantitative estimate of drug-likeness (QED) is 0.418. The number of aromatic amines is 2. The second-order valence-corrected chi connectivity index (χ2v) is 6.79. The Kier molecular flexibility index (Phi) is 5.40. The minimum atomic E-state index is -1.04. The van der Waals surface area contributed by atoms with E-state index in [0.29, 0.717) is 40.7 Å². The molecule has 0 radical (unpaired) electrons. The fourth-order valence-electron chi connectivity index (χ4n) is 3.15. The van der Waals surface area contributed by atoms with Gasteiger partial charge >= 0.3 is 5.97 Å². The van der Waals surface area contributed by atoms with E-state index in [1.807, 2.05) is 31.2 Å². The molecule has 0 spiro atoms. The fourth-order valence-corrected chi connectivity index (χ4v) is 3.15. The predicted octanol–water partition coefficient (Wildman–Crippen LogP) is 3.23. The second-order valence-electron chi connectivity index (χ2n) is 6.79. The van der Waals surface area contributed by atoms with Crippen LogP contribution in [0.3, 0.4) is 0 Å². The van der Waals surface area contributed by atoms with E-state index in [9.17, 15) is 9.59 Å². The number of H-pyrrole nitrogens is 2. The first kappa shape index (κ1) is 20.1. The smallest absolute Gasteiger partial charge is 0.344 e. The average molecular weight is 420 g/mol. The summed E-state index contributed by atoms with van der Waals surface area (Å²) in [5.74, 6) is 0.309. The molecule has 4 aromatic rings. The monoisotopic (exact) mass is 420 g/mol. The number of hydrogen-bond acceptors (Lipinski definition) is 6. The number of imidazole rings is 1. The number of nitrogens with zero attached hydrogens (tertiary/aromatic N) is 2. The summed E-state index contributed by atoms with van der Waals surface area (Å²) in [5, 5.41) is 9.06. The molecule has 0 aliphatic carbocycles. The van der Waals surface area contributed by atoms with Gasteiger partial charge in [0.25, 0.3) is 5.56 Å². The van der Waals surface area contributed by atoms with E-state index >= 15 is 0 Å². The van der Waals surface area contributed by atoms with Crippen molar-refractivity contribution in [3.8, 4) is 34.0 Å². The van der Waals surface area contributed by atoms with Crippen molar-refractivity contribution in [1.29, 1.82) is 0 Å². The van der Waals surface area contributed by atoms with E-state index < -0.39 is 12.1 Å². The topological polar surface area (TPSA) is 130 Å². The molecule has 1 atom stereocenters. The Bertz CT molecular complexity index is 1310. The predicted molar refractivity (Wildman–Crippen MR) is 114 cm³/mol. The van der Waals surface area contributed by atoms with Gasteiger partial charge in [0.2, 0.25) is 0 Å². The molecule has 4 rings (SSSR count). The first-order valence-electron chi connectivity index (χ1n) is 9.66. The Morgan fingerprint density at radius 1 is 1.19 bits per heavy atom. The summed E-state index contributed by atoms with van der Waals surface area (Å²) < 4.78 is 11.3. The molecule has 0 saturated heterocycles. The van der Waals surface area contributed by atoms with Crippen LogP contribution in [-0.4, -0.2) is 43.7 Å². The number of fused-ring (bicyclic) bond motifs is 1. The van der Waals surface area contributed by atoms with Gasteiger partial charge in [-0.2, -0.15) is 0 Å². The van der Waals surface area contributed by atoms with Crippen molar-refractivity contribution in [2.75, 3.05) is 6.61 Å². The molecule has 0 aliphatic rings. The van der Waals surface area contributed by atoms with Crippen LogP contribution < -0.4 is 15.0 Å². The summed E-state index contributed by atoms with van der Waals surface area (Å²) in [6, 6.07) is 12.7. The number of aliphatic carboxylic acids is 1. The van der Waals surface area contributed by atoms with E-state index in [1.54, 1.807) is 18.2 Å². The number of benzene rings is 2. The third-order valence-electron chi connectivity index (χ3n) is 4.66. The molecule has 158 valence electrons. The van der Waals surface area contributed by atoms with Crippen LogP contribution in [0, 0.1) is 0 Å². The van der Waals surface area contributed by atoms with Crippen LogP contribution in [0.25, 0.3) is 33.7 Å². The van der Waals surface area contributed by atoms with Gasteiger partial charge in [-0.25, -0.2) is 14.8 Å². The number of rotatable bonds is 7. The highest BCUT2D eigenvalue weighted by molar-refractivity contribution is 5.77. The molecule has 2 heterocycles. The van der Waals surface area contributed by atoms with Gasteiger partial charge in [-0.05, 0) is 49.2 Å². The van der Waals surface area contributed by atoms with Gasteiger partial charge in [-0.3, -0.25) is 4.79 Å². The number of carbonyl (C=O) groups is 1. The summed E-state index contributed by atoms with van der Waals surface area (Å²) >= 11 is 0. The molecule has 9 heteroatoms. The van der Waals surface area contributed by atoms with Crippen LogP contribution in [0.15, 0.2) is 53.6 Å². The minimum Gasteiger partial charge on any atom is -0.493 e. The van der Waals surface area contributed by atoms with Crippen LogP contribution in [0.2, 0.25) is 0 Å². The van der Waals surface area contributed by atoms with Crippen molar-refractivity contribution in [2.24, 2.45) is 0 Å². The van der Waals surface area contributed by atoms with E-state index in [4.69, 9.17) is 14.6 Å². The summed E-state index contributed by atoms with van der Waals surface area (Å²) in [6.07, 6.45) is 0.459. The molecule has 2 aromatic heterocycles. The van der Waals surface area contributed by atoms with Crippen LogP contribution in [0.1, 0.15) is 13.8 Å². The van der Waals surface area contributed by atoms with Gasteiger partial charge in [0.15, 0.2) is 17.3 Å². The molecular formula is C22H20N4O5. The second kappa shape index (κ2) is 8.31. The number of carboxylic acid groups (broad SMARTS) is 1. The van der Waals surface area contributed by atoms with Crippen molar-refractivity contribution in [3.63, 3.8) is 0 Å². The van der Waals surface area contributed by atoms with Gasteiger partial charge in [-0.1, -0.05) is 18.2 Å². The van der Waals surface area contributed by atoms with Crippen molar-refractivity contribution in [2.45, 2.75) is 20.0 Å². The third-order valence-corrected chi connectivity index (χ3v) is 4.66. The molecule has 0 fully saturated rings. The van der Waals surface area contributed by atoms with Crippen molar-refractivity contribution >= 4 is 17.1 Å². The fraction of sp³-hybridized carbons (Fsp3) is 0.182. The lowest BCUT2D eigenvalue weighted by Crippen LogP contribution is -2.22. The SMILES string of the molecule is CCOc1cc(-c2cccc(O[C@H](C)C(=O)O)c2)ccc1-c1nc2nc[nH]c2c(=O)[nH]1. The van der Waals surface area contributed by atoms with E-state index in [2.05, 4.69) is 19.9 Å². The summed E-state index contributed by atoms with van der Waals surface area (Å²) in [5.41, 5.74) is 2.60. The van der Waals surface area contributed by atoms with Gasteiger partial charge in [0, 0.05) is 0 Å². The number of ether oxygens (including phenoxy) is 2. The minimum absolute atomic E-state index is 0.311. The Labute approximate surface area is 176 Å². The molecule has 2 aromatic carbocycles. The van der Waals surface area contributed by atoms with E-state index in [-0.39, 0.29) is 5.56 Å². The summed E-state index contributed by atoms with van der Waals surface area (Å²) in [6.45, 7) is 3.76. The van der Waals surface area contributed by atoms with Crippen LogP contribution in [0.4, 0.5) is 0 Å². The molecule has 0 aliphatic heterocycles. The number of aromatic nitrogens is 4. The summed E-state index contributed by atoms with van der Waals surface area (Å²) in [7, 11) is 0. The van der Waals surface area contributed by atoms with Crippen LogP contribution in [-0.2, 0) is 4.79 Å². The molecule has 0 amide bonds. The van der Waals surface area contributed by atoms with Gasteiger partial charge in [0.1, 0.15) is 17.3 Å². The van der Waals surface area contributed by atoms with Gasteiger partial charge in [0.05, 0.1) is 18.5 Å². The lowest BCUT2D eigenvalue weighted by atomic mass is 10.0. The Morgan fingerprint density at radius 2 is 2.00 bits per heavy atom. The summed E-state index contributed by atoms with van der Waals surface area (Å²) in [4.78, 5) is 37.4. The van der Waals surface area contributed by atoms with Gasteiger partial charge in [-0.15, -0.1) is 0 Å². The normalized spacial score (nSPS) is 11.9. The van der Waals surface area contributed by atoms with E-state index in [0.717, 1.165) is 11.1 Å². The van der Waals surface area contributed by atoms with Crippen molar-refractivity contribution in [3.05, 3.63) is 59.1 Å². The number of nitrogens with one attached hydrogen (secondary N) is 2. The van der Waals surface area contributed by atoms with Crippen LogP contribution in [0.5, 0.6) is 11.5 Å².